The van der Waals surface area contributed by atoms with Crippen molar-refractivity contribution < 1.29 is 13.6 Å². The maximum absolute atomic E-state index is 12.3. The summed E-state index contributed by atoms with van der Waals surface area (Å²) < 4.78 is 24.9. The molecular formula is C7H3ClF2INO. The molecule has 0 aliphatic carbocycles. The topological polar surface area (TPSA) is 30.0 Å². The molecule has 1 heterocycles. The molecule has 1 rings (SSSR count). The highest BCUT2D eigenvalue weighted by Crippen LogP contribution is 2.24. The number of carbonyl (C=O) groups is 1. The molecule has 0 aromatic carbocycles. The molecule has 70 valence electrons. The molecule has 6 heteroatoms. The molecule has 2 nitrogen and oxygen atoms in total. The van der Waals surface area contributed by atoms with E-state index in [1.54, 1.807) is 22.6 Å². The average Bonchev–Trinajstić information content (AvgIpc) is 2.04. The predicted molar refractivity (Wildman–Crippen MR) is 52.1 cm³/mol. The molecule has 0 unspecified atom stereocenters. The van der Waals surface area contributed by atoms with Gasteiger partial charge in [-0.15, -0.1) is 0 Å². The van der Waals surface area contributed by atoms with E-state index < -0.39 is 11.7 Å². The zero-order valence-corrected chi connectivity index (χ0v) is 9.01. The van der Waals surface area contributed by atoms with Crippen LogP contribution in [-0.2, 0) is 0 Å². The smallest absolute Gasteiger partial charge is 0.270 e. The van der Waals surface area contributed by atoms with Crippen molar-refractivity contribution in [2.75, 3.05) is 0 Å². The van der Waals surface area contributed by atoms with Gasteiger partial charge in [-0.25, -0.2) is 8.78 Å². The number of aromatic nitrogens is 1. The first-order valence-corrected chi connectivity index (χ1v) is 4.61. The quantitative estimate of drug-likeness (QED) is 0.620. The van der Waals surface area contributed by atoms with Crippen LogP contribution in [0.15, 0.2) is 12.3 Å². The Balaban J connectivity index is 3.19. The van der Waals surface area contributed by atoms with Gasteiger partial charge in [-0.1, -0.05) is 0 Å². The van der Waals surface area contributed by atoms with E-state index in [1.807, 2.05) is 0 Å². The molecular weight excluding hydrogens is 314 g/mol. The second-order valence-corrected chi connectivity index (χ2v) is 3.67. The van der Waals surface area contributed by atoms with E-state index in [0.29, 0.717) is 3.57 Å². The fourth-order valence-electron chi connectivity index (χ4n) is 0.729. The third-order valence-electron chi connectivity index (χ3n) is 1.32. The Morgan fingerprint density at radius 3 is 2.69 bits per heavy atom. The second kappa shape index (κ2) is 4.28. The Kier molecular flexibility index (Phi) is 3.55. The number of hydrogen-bond acceptors (Lipinski definition) is 2. The lowest BCUT2D eigenvalue weighted by atomic mass is 10.2. The van der Waals surface area contributed by atoms with Crippen molar-refractivity contribution >= 4 is 39.4 Å². The zero-order chi connectivity index (χ0) is 10.0. The fraction of sp³-hybridized carbons (Fsp3) is 0.143. The summed E-state index contributed by atoms with van der Waals surface area (Å²) >= 11 is 6.80. The summed E-state index contributed by atoms with van der Waals surface area (Å²) in [5.74, 6) is 0. The lowest BCUT2D eigenvalue weighted by molar-refractivity contribution is 0.107. The summed E-state index contributed by atoms with van der Waals surface area (Å²) in [7, 11) is 0. The summed E-state index contributed by atoms with van der Waals surface area (Å²) in [6.45, 7) is 0. The van der Waals surface area contributed by atoms with Crippen molar-refractivity contribution in [2.24, 2.45) is 0 Å². The summed E-state index contributed by atoms with van der Waals surface area (Å²) in [6, 6.07) is 1.00. The maximum Gasteiger partial charge on any atom is 0.270 e. The number of carbonyl (C=O) groups excluding carboxylic acids is 1. The van der Waals surface area contributed by atoms with Crippen LogP contribution in [0.2, 0.25) is 0 Å². The number of alkyl halides is 2. The number of pyridine rings is 1. The van der Waals surface area contributed by atoms with E-state index in [1.165, 1.54) is 6.20 Å². The van der Waals surface area contributed by atoms with Gasteiger partial charge in [0, 0.05) is 15.3 Å². The van der Waals surface area contributed by atoms with E-state index in [0.717, 1.165) is 6.07 Å². The maximum atomic E-state index is 12.3. The number of nitrogens with zero attached hydrogens (tertiary/aromatic N) is 1. The Hall–Kier alpha value is -0.300. The molecule has 0 radical (unpaired) electrons. The van der Waals surface area contributed by atoms with Gasteiger partial charge in [0.2, 0.25) is 0 Å². The largest absolute Gasteiger partial charge is 0.274 e. The first-order valence-electron chi connectivity index (χ1n) is 3.16. The van der Waals surface area contributed by atoms with E-state index in [4.69, 9.17) is 11.6 Å². The summed E-state index contributed by atoms with van der Waals surface area (Å²) in [5.41, 5.74) is -0.378. The van der Waals surface area contributed by atoms with Crippen LogP contribution < -0.4 is 0 Å². The Bertz CT molecular complexity index is 345. The molecule has 0 saturated heterocycles. The molecule has 0 spiro atoms. The van der Waals surface area contributed by atoms with Crippen molar-refractivity contribution in [3.8, 4) is 0 Å². The van der Waals surface area contributed by atoms with Crippen LogP contribution in [0.5, 0.6) is 0 Å². The molecule has 0 N–H and O–H groups in total. The minimum absolute atomic E-state index is 0.155. The van der Waals surface area contributed by atoms with Gasteiger partial charge < -0.3 is 0 Å². The Morgan fingerprint density at radius 2 is 2.23 bits per heavy atom. The predicted octanol–water partition coefficient (Wildman–Crippen LogP) is 3.00. The highest BCUT2D eigenvalue weighted by atomic mass is 127. The van der Waals surface area contributed by atoms with Crippen LogP contribution in [0.4, 0.5) is 8.78 Å². The summed E-state index contributed by atoms with van der Waals surface area (Å²) in [6.07, 6.45) is -1.43. The first kappa shape index (κ1) is 10.8. The van der Waals surface area contributed by atoms with Gasteiger partial charge in [0.1, 0.15) is 5.69 Å². The number of hydrogen-bond donors (Lipinski definition) is 0. The van der Waals surface area contributed by atoms with Gasteiger partial charge >= 0.3 is 0 Å². The molecule has 0 amide bonds. The minimum atomic E-state index is -2.62. The third kappa shape index (κ3) is 2.57. The average molecular weight is 317 g/mol. The molecule has 0 saturated carbocycles. The van der Waals surface area contributed by atoms with Crippen molar-refractivity contribution in [3.63, 3.8) is 0 Å². The van der Waals surface area contributed by atoms with Gasteiger partial charge in [-0.2, -0.15) is 0 Å². The molecule has 13 heavy (non-hydrogen) atoms. The second-order valence-electron chi connectivity index (χ2n) is 2.17. The summed E-state index contributed by atoms with van der Waals surface area (Å²) in [4.78, 5) is 14.2. The molecule has 0 atom stereocenters. The standard InChI is InChI=1S/C7H3ClF2INO/c8-6(13)5-1-3(7(9)10)4(11)2-12-5/h1-2,7H. The van der Waals surface area contributed by atoms with Gasteiger partial charge in [0.05, 0.1) is 0 Å². The van der Waals surface area contributed by atoms with Crippen LogP contribution in [-0.4, -0.2) is 10.2 Å². The van der Waals surface area contributed by atoms with Gasteiger partial charge in [-0.3, -0.25) is 9.78 Å². The zero-order valence-electron chi connectivity index (χ0n) is 6.10. The van der Waals surface area contributed by atoms with E-state index >= 15 is 0 Å². The fourth-order valence-corrected chi connectivity index (χ4v) is 1.36. The molecule has 1 aromatic rings. The SMILES string of the molecule is O=C(Cl)c1cc(C(F)F)c(I)cn1. The highest BCUT2D eigenvalue weighted by molar-refractivity contribution is 14.1. The number of halogens is 4. The van der Waals surface area contributed by atoms with Crippen LogP contribution >= 0.6 is 34.2 Å². The highest BCUT2D eigenvalue weighted by Gasteiger charge is 2.14. The lowest BCUT2D eigenvalue weighted by Gasteiger charge is -2.02. The first-order chi connectivity index (χ1) is 6.02. The van der Waals surface area contributed by atoms with Crippen LogP contribution in [0.1, 0.15) is 22.5 Å². The molecule has 0 bridgehead atoms. The van der Waals surface area contributed by atoms with E-state index in [9.17, 15) is 13.6 Å². The van der Waals surface area contributed by atoms with Gasteiger partial charge in [-0.05, 0) is 40.3 Å². The van der Waals surface area contributed by atoms with Gasteiger partial charge in [0.15, 0.2) is 0 Å². The van der Waals surface area contributed by atoms with Crippen LogP contribution in [0, 0.1) is 3.57 Å². The van der Waals surface area contributed by atoms with E-state index in [2.05, 4.69) is 4.98 Å². The van der Waals surface area contributed by atoms with Crippen molar-refractivity contribution in [3.05, 3.63) is 27.1 Å². The van der Waals surface area contributed by atoms with Crippen LogP contribution in [0.25, 0.3) is 0 Å². The Morgan fingerprint density at radius 1 is 1.62 bits per heavy atom. The van der Waals surface area contributed by atoms with Crippen molar-refractivity contribution in [2.45, 2.75) is 6.43 Å². The van der Waals surface area contributed by atoms with Gasteiger partial charge in [0.25, 0.3) is 11.7 Å². The van der Waals surface area contributed by atoms with Crippen molar-refractivity contribution in [1.29, 1.82) is 0 Å². The van der Waals surface area contributed by atoms with Crippen LogP contribution in [0.3, 0.4) is 0 Å². The Labute approximate surface area is 91.4 Å². The molecule has 0 aliphatic rings. The minimum Gasteiger partial charge on any atom is -0.274 e. The normalized spacial score (nSPS) is 10.5. The molecule has 1 aromatic heterocycles. The molecule has 0 fully saturated rings. The monoisotopic (exact) mass is 317 g/mol. The number of rotatable bonds is 2. The third-order valence-corrected chi connectivity index (χ3v) is 2.42. The van der Waals surface area contributed by atoms with Crippen molar-refractivity contribution in [1.82, 2.24) is 4.98 Å². The lowest BCUT2D eigenvalue weighted by Crippen LogP contribution is -1.99. The molecule has 0 aliphatic heterocycles. The summed E-state index contributed by atoms with van der Waals surface area (Å²) in [5, 5.41) is -0.835. The van der Waals surface area contributed by atoms with E-state index in [-0.39, 0.29) is 11.3 Å².